The third-order valence-electron chi connectivity index (χ3n) is 1.81. The Kier molecular flexibility index (Phi) is 2.42. The molecule has 2 aromatic rings. The second kappa shape index (κ2) is 3.74. The quantitative estimate of drug-likeness (QED) is 0.750. The normalized spacial score (nSPS) is 10.2. The summed E-state index contributed by atoms with van der Waals surface area (Å²) in [6.07, 6.45) is 0.869. The summed E-state index contributed by atoms with van der Waals surface area (Å²) in [6, 6.07) is 3.59. The van der Waals surface area contributed by atoms with E-state index in [9.17, 15) is 4.79 Å². The Morgan fingerprint density at radius 1 is 1.60 bits per heavy atom. The first-order valence-electron chi connectivity index (χ1n) is 4.11. The number of ether oxygens (including phenoxy) is 2. The van der Waals surface area contributed by atoms with Gasteiger partial charge in [0.1, 0.15) is 4.83 Å². The van der Waals surface area contributed by atoms with Crippen LogP contribution in [0.4, 0.5) is 10.5 Å². The SMILES string of the molecule is COC(=O)Oc1sc2ncccc2c1N. The molecule has 2 rings (SSSR count). The van der Waals surface area contributed by atoms with Crippen molar-refractivity contribution in [3.05, 3.63) is 18.3 Å². The zero-order valence-corrected chi connectivity index (χ0v) is 8.71. The van der Waals surface area contributed by atoms with E-state index in [-0.39, 0.29) is 0 Å². The van der Waals surface area contributed by atoms with Crippen LogP contribution in [0.2, 0.25) is 0 Å². The maximum Gasteiger partial charge on any atom is 0.514 e. The van der Waals surface area contributed by atoms with Gasteiger partial charge < -0.3 is 15.2 Å². The van der Waals surface area contributed by atoms with Crippen molar-refractivity contribution in [2.24, 2.45) is 0 Å². The van der Waals surface area contributed by atoms with Crippen molar-refractivity contribution >= 4 is 33.4 Å². The summed E-state index contributed by atoms with van der Waals surface area (Å²) in [5, 5.41) is 1.09. The zero-order chi connectivity index (χ0) is 10.8. The van der Waals surface area contributed by atoms with Gasteiger partial charge in [0.05, 0.1) is 12.8 Å². The highest BCUT2D eigenvalue weighted by molar-refractivity contribution is 7.21. The molecule has 0 saturated heterocycles. The molecular weight excluding hydrogens is 216 g/mol. The maximum absolute atomic E-state index is 10.9. The lowest BCUT2D eigenvalue weighted by atomic mass is 10.3. The average molecular weight is 224 g/mol. The topological polar surface area (TPSA) is 74.4 Å². The number of fused-ring (bicyclic) bond motifs is 1. The third kappa shape index (κ3) is 1.71. The van der Waals surface area contributed by atoms with Crippen molar-refractivity contribution in [2.75, 3.05) is 12.8 Å². The van der Waals surface area contributed by atoms with Crippen LogP contribution in [0.1, 0.15) is 0 Å². The van der Waals surface area contributed by atoms with E-state index in [4.69, 9.17) is 10.5 Å². The molecule has 0 saturated carbocycles. The Morgan fingerprint density at radius 2 is 2.40 bits per heavy atom. The predicted molar refractivity (Wildman–Crippen MR) is 57.1 cm³/mol. The molecule has 5 nitrogen and oxygen atoms in total. The summed E-state index contributed by atoms with van der Waals surface area (Å²) in [6.45, 7) is 0. The van der Waals surface area contributed by atoms with Gasteiger partial charge in [0.2, 0.25) is 5.06 Å². The van der Waals surface area contributed by atoms with Crippen molar-refractivity contribution in [3.63, 3.8) is 0 Å². The summed E-state index contributed by atoms with van der Waals surface area (Å²) < 4.78 is 9.25. The first-order chi connectivity index (χ1) is 7.22. The van der Waals surface area contributed by atoms with E-state index < -0.39 is 6.16 Å². The van der Waals surface area contributed by atoms with Gasteiger partial charge in [-0.25, -0.2) is 9.78 Å². The molecule has 0 aromatic carbocycles. The van der Waals surface area contributed by atoms with Crippen LogP contribution in [0.3, 0.4) is 0 Å². The highest BCUT2D eigenvalue weighted by atomic mass is 32.1. The molecule has 15 heavy (non-hydrogen) atoms. The van der Waals surface area contributed by atoms with Crippen molar-refractivity contribution < 1.29 is 14.3 Å². The van der Waals surface area contributed by atoms with E-state index in [0.29, 0.717) is 10.8 Å². The molecule has 2 aromatic heterocycles. The monoisotopic (exact) mass is 224 g/mol. The molecule has 0 aliphatic heterocycles. The Hall–Kier alpha value is -1.82. The number of carbonyl (C=O) groups is 1. The van der Waals surface area contributed by atoms with Crippen LogP contribution < -0.4 is 10.5 Å². The first kappa shape index (κ1) is 9.72. The van der Waals surface area contributed by atoms with Gasteiger partial charge in [-0.05, 0) is 12.1 Å². The number of aromatic nitrogens is 1. The van der Waals surface area contributed by atoms with Crippen LogP contribution >= 0.6 is 11.3 Å². The largest absolute Gasteiger partial charge is 0.514 e. The smallest absolute Gasteiger partial charge is 0.437 e. The minimum atomic E-state index is -0.784. The number of hydrogen-bond donors (Lipinski definition) is 1. The van der Waals surface area contributed by atoms with Gasteiger partial charge in [0.25, 0.3) is 0 Å². The number of methoxy groups -OCH3 is 1. The van der Waals surface area contributed by atoms with E-state index in [1.165, 1.54) is 18.4 Å². The molecule has 0 unspecified atom stereocenters. The van der Waals surface area contributed by atoms with Crippen LogP contribution in [0.25, 0.3) is 10.2 Å². The number of nitrogens with two attached hydrogens (primary N) is 1. The number of hydrogen-bond acceptors (Lipinski definition) is 6. The number of nitrogen functional groups attached to an aromatic ring is 1. The van der Waals surface area contributed by atoms with Crippen molar-refractivity contribution in [1.29, 1.82) is 0 Å². The average Bonchev–Trinajstić information content (AvgIpc) is 2.57. The number of nitrogens with zero attached hydrogens (tertiary/aromatic N) is 1. The van der Waals surface area contributed by atoms with Gasteiger partial charge in [-0.15, -0.1) is 0 Å². The van der Waals surface area contributed by atoms with Crippen LogP contribution in [0, 0.1) is 0 Å². The molecule has 2 heterocycles. The van der Waals surface area contributed by atoms with E-state index in [1.807, 2.05) is 6.07 Å². The van der Waals surface area contributed by atoms with E-state index in [1.54, 1.807) is 12.3 Å². The molecule has 0 atom stereocenters. The lowest BCUT2D eigenvalue weighted by Gasteiger charge is -1.99. The van der Waals surface area contributed by atoms with Crippen molar-refractivity contribution in [1.82, 2.24) is 4.98 Å². The van der Waals surface area contributed by atoms with Crippen molar-refractivity contribution in [3.8, 4) is 5.06 Å². The lowest BCUT2D eigenvalue weighted by molar-refractivity contribution is 0.123. The molecule has 0 aliphatic rings. The van der Waals surface area contributed by atoms with Gasteiger partial charge >= 0.3 is 6.16 Å². The molecule has 0 aliphatic carbocycles. The van der Waals surface area contributed by atoms with Crippen LogP contribution in [0.15, 0.2) is 18.3 Å². The number of thiophene rings is 1. The van der Waals surface area contributed by atoms with Crippen LogP contribution in [0.5, 0.6) is 5.06 Å². The summed E-state index contributed by atoms with van der Waals surface area (Å²) in [4.78, 5) is 15.7. The van der Waals surface area contributed by atoms with Crippen LogP contribution in [-0.4, -0.2) is 18.2 Å². The molecule has 2 N–H and O–H groups in total. The summed E-state index contributed by atoms with van der Waals surface area (Å²) >= 11 is 1.21. The molecule has 78 valence electrons. The van der Waals surface area contributed by atoms with Gasteiger partial charge in [-0.3, -0.25) is 0 Å². The van der Waals surface area contributed by atoms with Gasteiger partial charge in [0.15, 0.2) is 0 Å². The molecule has 0 radical (unpaired) electrons. The molecule has 6 heteroatoms. The lowest BCUT2D eigenvalue weighted by Crippen LogP contribution is -2.07. The second-order valence-electron chi connectivity index (χ2n) is 2.72. The standard InChI is InChI=1S/C9H8N2O3S/c1-13-9(12)14-8-6(10)5-3-2-4-11-7(5)15-8/h2-4H,10H2,1H3. The van der Waals surface area contributed by atoms with E-state index >= 15 is 0 Å². The molecular formula is C9H8N2O3S. The number of pyridine rings is 1. The Labute approximate surface area is 89.4 Å². The number of anilines is 1. The van der Waals surface area contributed by atoms with Gasteiger partial charge in [-0.2, -0.15) is 0 Å². The van der Waals surface area contributed by atoms with Gasteiger partial charge in [-0.1, -0.05) is 11.3 Å². The minimum Gasteiger partial charge on any atom is -0.437 e. The minimum absolute atomic E-state index is 0.315. The van der Waals surface area contributed by atoms with E-state index in [2.05, 4.69) is 9.72 Å². The van der Waals surface area contributed by atoms with E-state index in [0.717, 1.165) is 10.2 Å². The molecule has 0 fully saturated rings. The summed E-state index contributed by atoms with van der Waals surface area (Å²) in [5.74, 6) is 0. The summed E-state index contributed by atoms with van der Waals surface area (Å²) in [7, 11) is 1.24. The highest BCUT2D eigenvalue weighted by Crippen LogP contribution is 2.38. The fourth-order valence-electron chi connectivity index (χ4n) is 1.12. The molecule has 0 amide bonds. The predicted octanol–water partition coefficient (Wildman–Crippen LogP) is 2.02. The summed E-state index contributed by atoms with van der Waals surface area (Å²) in [5.41, 5.74) is 6.19. The Bertz CT molecular complexity index is 509. The van der Waals surface area contributed by atoms with Crippen LogP contribution in [-0.2, 0) is 4.74 Å². The molecule has 0 spiro atoms. The number of rotatable bonds is 1. The fraction of sp³-hybridized carbons (Fsp3) is 0.111. The van der Waals surface area contributed by atoms with Crippen molar-refractivity contribution in [2.45, 2.75) is 0 Å². The number of carbonyl (C=O) groups excluding carboxylic acids is 1. The maximum atomic E-state index is 10.9. The Balaban J connectivity index is 2.44. The highest BCUT2D eigenvalue weighted by Gasteiger charge is 2.14. The second-order valence-corrected chi connectivity index (χ2v) is 3.68. The van der Waals surface area contributed by atoms with Gasteiger partial charge in [0, 0.05) is 11.6 Å². The Morgan fingerprint density at radius 3 is 3.07 bits per heavy atom. The fourth-order valence-corrected chi connectivity index (χ4v) is 2.03. The first-order valence-corrected chi connectivity index (χ1v) is 4.93. The zero-order valence-electron chi connectivity index (χ0n) is 7.89. The third-order valence-corrected chi connectivity index (χ3v) is 2.82. The molecule has 0 bridgehead atoms.